The fourth-order valence-electron chi connectivity index (χ4n) is 1.95. The first-order valence-electron chi connectivity index (χ1n) is 6.33. The van der Waals surface area contributed by atoms with Crippen LogP contribution in [0, 0.1) is 20.8 Å². The SMILES string of the molecule is CCCNCC(COC)n1nc(C)c(C)c1C. The van der Waals surface area contributed by atoms with Gasteiger partial charge < -0.3 is 10.1 Å². The van der Waals surface area contributed by atoms with E-state index < -0.39 is 0 Å². The third-order valence-electron chi connectivity index (χ3n) is 3.20. The van der Waals surface area contributed by atoms with Crippen molar-refractivity contribution in [3.63, 3.8) is 0 Å². The Bertz CT molecular complexity index is 347. The van der Waals surface area contributed by atoms with Crippen LogP contribution < -0.4 is 5.32 Å². The minimum absolute atomic E-state index is 0.277. The third kappa shape index (κ3) is 3.54. The smallest absolute Gasteiger partial charge is 0.0879 e. The molecule has 1 atom stereocenters. The zero-order valence-corrected chi connectivity index (χ0v) is 11.7. The minimum atomic E-state index is 0.277. The molecule has 4 nitrogen and oxygen atoms in total. The van der Waals surface area contributed by atoms with Crippen LogP contribution in [-0.2, 0) is 4.74 Å². The van der Waals surface area contributed by atoms with Crippen LogP contribution in [0.25, 0.3) is 0 Å². The summed E-state index contributed by atoms with van der Waals surface area (Å²) in [6.45, 7) is 11.1. The normalized spacial score (nSPS) is 13.0. The number of methoxy groups -OCH3 is 1. The molecule has 0 aliphatic heterocycles. The van der Waals surface area contributed by atoms with Crippen molar-refractivity contribution in [1.82, 2.24) is 15.1 Å². The summed E-state index contributed by atoms with van der Waals surface area (Å²) in [6.07, 6.45) is 1.15. The maximum absolute atomic E-state index is 5.29. The maximum atomic E-state index is 5.29. The van der Waals surface area contributed by atoms with Crippen molar-refractivity contribution in [3.05, 3.63) is 17.0 Å². The van der Waals surface area contributed by atoms with Crippen molar-refractivity contribution in [1.29, 1.82) is 0 Å². The molecule has 1 unspecified atom stereocenters. The molecule has 1 N–H and O–H groups in total. The molecule has 0 fully saturated rings. The lowest BCUT2D eigenvalue weighted by Crippen LogP contribution is -2.30. The van der Waals surface area contributed by atoms with Gasteiger partial charge in [0.1, 0.15) is 0 Å². The number of hydrogen-bond acceptors (Lipinski definition) is 3. The molecule has 1 rings (SSSR count). The Kier molecular flexibility index (Phi) is 5.65. The van der Waals surface area contributed by atoms with E-state index in [0.717, 1.165) is 25.2 Å². The lowest BCUT2D eigenvalue weighted by atomic mass is 10.2. The predicted molar refractivity (Wildman–Crippen MR) is 70.5 cm³/mol. The van der Waals surface area contributed by atoms with E-state index in [9.17, 15) is 0 Å². The standard InChI is InChI=1S/C13H25N3O/c1-6-7-14-8-13(9-17-5)16-12(4)10(2)11(3)15-16/h13-14H,6-9H2,1-5H3. The van der Waals surface area contributed by atoms with Gasteiger partial charge in [-0.1, -0.05) is 6.92 Å². The molecule has 4 heteroatoms. The van der Waals surface area contributed by atoms with Crippen LogP contribution >= 0.6 is 0 Å². The van der Waals surface area contributed by atoms with E-state index >= 15 is 0 Å². The van der Waals surface area contributed by atoms with E-state index in [1.54, 1.807) is 7.11 Å². The number of aryl methyl sites for hydroxylation is 1. The number of nitrogens with one attached hydrogen (secondary N) is 1. The second kappa shape index (κ2) is 6.77. The van der Waals surface area contributed by atoms with Crippen molar-refractivity contribution >= 4 is 0 Å². The Morgan fingerprint density at radius 1 is 1.35 bits per heavy atom. The number of rotatable bonds is 7. The molecule has 0 aliphatic rings. The van der Waals surface area contributed by atoms with Crippen LogP contribution in [-0.4, -0.2) is 36.6 Å². The van der Waals surface area contributed by atoms with Gasteiger partial charge in [-0.2, -0.15) is 5.10 Å². The Morgan fingerprint density at radius 3 is 2.53 bits per heavy atom. The van der Waals surface area contributed by atoms with Crippen LogP contribution in [0.1, 0.15) is 36.3 Å². The van der Waals surface area contributed by atoms with E-state index in [4.69, 9.17) is 4.74 Å². The molecule has 0 bridgehead atoms. The van der Waals surface area contributed by atoms with E-state index in [1.807, 2.05) is 0 Å². The van der Waals surface area contributed by atoms with Gasteiger partial charge in [0, 0.05) is 19.3 Å². The summed E-state index contributed by atoms with van der Waals surface area (Å²) in [5.41, 5.74) is 3.63. The first kappa shape index (κ1) is 14.2. The Balaban J connectivity index is 2.77. The number of ether oxygens (including phenoxy) is 1. The van der Waals surface area contributed by atoms with E-state index in [0.29, 0.717) is 6.61 Å². The van der Waals surface area contributed by atoms with Crippen molar-refractivity contribution in [2.45, 2.75) is 40.2 Å². The van der Waals surface area contributed by atoms with Crippen LogP contribution in [0.15, 0.2) is 0 Å². The summed E-state index contributed by atoms with van der Waals surface area (Å²) in [7, 11) is 1.74. The number of nitrogens with zero attached hydrogens (tertiary/aromatic N) is 2. The van der Waals surface area contributed by atoms with E-state index in [1.165, 1.54) is 11.3 Å². The molecule has 0 spiro atoms. The molecular weight excluding hydrogens is 214 g/mol. The molecule has 0 aromatic carbocycles. The summed E-state index contributed by atoms with van der Waals surface area (Å²) in [4.78, 5) is 0. The highest BCUT2D eigenvalue weighted by Crippen LogP contribution is 2.16. The van der Waals surface area contributed by atoms with Gasteiger partial charge in [0.2, 0.25) is 0 Å². The molecule has 0 aliphatic carbocycles. The van der Waals surface area contributed by atoms with Gasteiger partial charge in [-0.05, 0) is 39.3 Å². The van der Waals surface area contributed by atoms with Gasteiger partial charge in [-0.15, -0.1) is 0 Å². The second-order valence-corrected chi connectivity index (χ2v) is 4.55. The van der Waals surface area contributed by atoms with Gasteiger partial charge in [0.15, 0.2) is 0 Å². The van der Waals surface area contributed by atoms with Crippen LogP contribution in [0.2, 0.25) is 0 Å². The molecule has 98 valence electrons. The zero-order chi connectivity index (χ0) is 12.8. The van der Waals surface area contributed by atoms with E-state index in [2.05, 4.69) is 42.8 Å². The molecule has 1 aromatic rings. The molecule has 0 radical (unpaired) electrons. The van der Waals surface area contributed by atoms with Crippen molar-refractivity contribution < 1.29 is 4.74 Å². The first-order chi connectivity index (χ1) is 8.11. The molecule has 0 saturated heterocycles. The van der Waals surface area contributed by atoms with Gasteiger partial charge in [-0.25, -0.2) is 0 Å². The monoisotopic (exact) mass is 239 g/mol. The fourth-order valence-corrected chi connectivity index (χ4v) is 1.95. The largest absolute Gasteiger partial charge is 0.382 e. The minimum Gasteiger partial charge on any atom is -0.382 e. The van der Waals surface area contributed by atoms with Gasteiger partial charge in [-0.3, -0.25) is 4.68 Å². The molecular formula is C13H25N3O. The second-order valence-electron chi connectivity index (χ2n) is 4.55. The van der Waals surface area contributed by atoms with Gasteiger partial charge >= 0.3 is 0 Å². The average Bonchev–Trinajstić information content (AvgIpc) is 2.56. The average molecular weight is 239 g/mol. The molecule has 1 aromatic heterocycles. The Labute approximate surface area is 104 Å². The molecule has 0 saturated carbocycles. The first-order valence-corrected chi connectivity index (χ1v) is 6.33. The maximum Gasteiger partial charge on any atom is 0.0879 e. The summed E-state index contributed by atoms with van der Waals surface area (Å²) < 4.78 is 7.39. The quantitative estimate of drug-likeness (QED) is 0.740. The lowest BCUT2D eigenvalue weighted by molar-refractivity contribution is 0.147. The van der Waals surface area contributed by atoms with Gasteiger partial charge in [0.05, 0.1) is 18.3 Å². The highest BCUT2D eigenvalue weighted by molar-refractivity contribution is 5.22. The Morgan fingerprint density at radius 2 is 2.06 bits per heavy atom. The Hall–Kier alpha value is -0.870. The molecule has 0 amide bonds. The highest BCUT2D eigenvalue weighted by atomic mass is 16.5. The zero-order valence-electron chi connectivity index (χ0n) is 11.7. The highest BCUT2D eigenvalue weighted by Gasteiger charge is 2.16. The number of hydrogen-bond donors (Lipinski definition) is 1. The lowest BCUT2D eigenvalue weighted by Gasteiger charge is -2.19. The van der Waals surface area contributed by atoms with Crippen molar-refractivity contribution in [2.75, 3.05) is 26.8 Å². The summed E-state index contributed by atoms with van der Waals surface area (Å²) >= 11 is 0. The van der Waals surface area contributed by atoms with E-state index in [-0.39, 0.29) is 6.04 Å². The van der Waals surface area contributed by atoms with Crippen molar-refractivity contribution in [2.24, 2.45) is 0 Å². The molecule has 1 heterocycles. The van der Waals surface area contributed by atoms with Gasteiger partial charge in [0.25, 0.3) is 0 Å². The number of aromatic nitrogens is 2. The summed E-state index contributed by atoms with van der Waals surface area (Å²) in [6, 6.07) is 0.277. The predicted octanol–water partition coefficient (Wildman–Crippen LogP) is 2.00. The summed E-state index contributed by atoms with van der Waals surface area (Å²) in [5, 5.41) is 8.04. The van der Waals surface area contributed by atoms with Crippen LogP contribution in [0.4, 0.5) is 0 Å². The third-order valence-corrected chi connectivity index (χ3v) is 3.20. The fraction of sp³-hybridized carbons (Fsp3) is 0.769. The van der Waals surface area contributed by atoms with Crippen LogP contribution in [0.5, 0.6) is 0 Å². The van der Waals surface area contributed by atoms with Crippen molar-refractivity contribution in [3.8, 4) is 0 Å². The summed E-state index contributed by atoms with van der Waals surface area (Å²) in [5.74, 6) is 0. The topological polar surface area (TPSA) is 39.1 Å². The molecule has 17 heavy (non-hydrogen) atoms. The van der Waals surface area contributed by atoms with Crippen LogP contribution in [0.3, 0.4) is 0 Å².